The average molecular weight is 246 g/mol. The van der Waals surface area contributed by atoms with Crippen molar-refractivity contribution in [1.82, 2.24) is 15.0 Å². The van der Waals surface area contributed by atoms with E-state index in [2.05, 4.69) is 10.3 Å². The van der Waals surface area contributed by atoms with Gasteiger partial charge in [0.1, 0.15) is 5.69 Å². The molecule has 2 aromatic rings. The van der Waals surface area contributed by atoms with E-state index >= 15 is 0 Å². The van der Waals surface area contributed by atoms with Crippen molar-refractivity contribution >= 4 is 5.91 Å². The molecule has 0 atom stereocenters. The summed E-state index contributed by atoms with van der Waals surface area (Å²) in [6.07, 6.45) is 0.709. The van der Waals surface area contributed by atoms with Crippen LogP contribution in [0.1, 0.15) is 28.7 Å². The van der Waals surface area contributed by atoms with Gasteiger partial charge in [0.05, 0.1) is 18.0 Å². The first-order valence-corrected chi connectivity index (χ1v) is 5.62. The van der Waals surface area contributed by atoms with Gasteiger partial charge >= 0.3 is 0 Å². The maximum Gasteiger partial charge on any atom is 0.248 e. The van der Waals surface area contributed by atoms with Gasteiger partial charge in [-0.2, -0.15) is 0 Å². The summed E-state index contributed by atoms with van der Waals surface area (Å²) in [7, 11) is 0. The van der Waals surface area contributed by atoms with E-state index in [0.717, 1.165) is 11.4 Å². The van der Waals surface area contributed by atoms with Crippen LogP contribution in [0, 0.1) is 0 Å². The number of nitrogens with two attached hydrogens (primary N) is 1. The first kappa shape index (κ1) is 12.3. The first-order valence-electron chi connectivity index (χ1n) is 5.62. The molecule has 1 aromatic carbocycles. The molecular weight excluding hydrogens is 232 g/mol. The van der Waals surface area contributed by atoms with Crippen LogP contribution in [0.15, 0.2) is 24.3 Å². The molecule has 0 bridgehead atoms. The predicted molar refractivity (Wildman–Crippen MR) is 65.2 cm³/mol. The Labute approximate surface area is 104 Å². The molecular formula is C12H14N4O2. The maximum absolute atomic E-state index is 11.0. The fourth-order valence-corrected chi connectivity index (χ4v) is 1.78. The SMILES string of the molecule is CCc1c(CO)nnn1-c1ccc(C(N)=O)cc1. The Bertz CT molecular complexity index is 560. The zero-order valence-corrected chi connectivity index (χ0v) is 10.00. The summed E-state index contributed by atoms with van der Waals surface area (Å²) in [6.45, 7) is 1.83. The highest BCUT2D eigenvalue weighted by atomic mass is 16.3. The minimum atomic E-state index is -0.466. The number of nitrogens with zero attached hydrogens (tertiary/aromatic N) is 3. The molecule has 1 amide bonds. The molecule has 94 valence electrons. The smallest absolute Gasteiger partial charge is 0.248 e. The molecule has 0 aliphatic rings. The Morgan fingerprint density at radius 2 is 2.06 bits per heavy atom. The van der Waals surface area contributed by atoms with Crippen LogP contribution in [-0.4, -0.2) is 26.0 Å². The van der Waals surface area contributed by atoms with Crippen LogP contribution < -0.4 is 5.73 Å². The van der Waals surface area contributed by atoms with Gasteiger partial charge in [-0.05, 0) is 30.7 Å². The Kier molecular flexibility index (Phi) is 3.38. The number of rotatable bonds is 4. The van der Waals surface area contributed by atoms with Crippen LogP contribution in [0.5, 0.6) is 0 Å². The molecule has 3 N–H and O–H groups in total. The van der Waals surface area contributed by atoms with Crippen molar-refractivity contribution in [3.8, 4) is 5.69 Å². The quantitative estimate of drug-likeness (QED) is 0.817. The number of benzene rings is 1. The second-order valence-electron chi connectivity index (χ2n) is 3.82. The molecule has 2 rings (SSSR count). The van der Waals surface area contributed by atoms with Gasteiger partial charge in [0.15, 0.2) is 0 Å². The van der Waals surface area contributed by atoms with Crippen molar-refractivity contribution in [2.24, 2.45) is 5.73 Å². The number of aromatic nitrogens is 3. The number of hydrogen-bond acceptors (Lipinski definition) is 4. The van der Waals surface area contributed by atoms with Crippen molar-refractivity contribution in [2.75, 3.05) is 0 Å². The third kappa shape index (κ3) is 2.10. The van der Waals surface area contributed by atoms with Gasteiger partial charge in [0.25, 0.3) is 0 Å². The maximum atomic E-state index is 11.0. The summed E-state index contributed by atoms with van der Waals surface area (Å²) in [6, 6.07) is 6.76. The Balaban J connectivity index is 2.42. The van der Waals surface area contributed by atoms with Crippen LogP contribution in [0.3, 0.4) is 0 Å². The van der Waals surface area contributed by atoms with E-state index in [-0.39, 0.29) is 6.61 Å². The van der Waals surface area contributed by atoms with Gasteiger partial charge in [0, 0.05) is 5.56 Å². The molecule has 0 radical (unpaired) electrons. The van der Waals surface area contributed by atoms with Crippen molar-refractivity contribution in [2.45, 2.75) is 20.0 Å². The topological polar surface area (TPSA) is 94.0 Å². The lowest BCUT2D eigenvalue weighted by molar-refractivity contribution is 0.100. The predicted octanol–water partition coefficient (Wildman–Crippen LogP) is 0.421. The summed E-state index contributed by atoms with van der Waals surface area (Å²) in [5.41, 5.74) is 7.82. The molecule has 0 spiro atoms. The standard InChI is InChI=1S/C12H14N4O2/c1-2-11-10(7-17)14-15-16(11)9-5-3-8(4-6-9)12(13)18/h3-6,17H,2,7H2,1H3,(H2,13,18). The number of aliphatic hydroxyl groups is 1. The van der Waals surface area contributed by atoms with E-state index in [9.17, 15) is 4.79 Å². The van der Waals surface area contributed by atoms with Gasteiger partial charge in [-0.1, -0.05) is 12.1 Å². The Morgan fingerprint density at radius 3 is 2.56 bits per heavy atom. The summed E-state index contributed by atoms with van der Waals surface area (Å²) in [5, 5.41) is 17.1. The second kappa shape index (κ2) is 4.97. The van der Waals surface area contributed by atoms with E-state index in [1.165, 1.54) is 0 Å². The summed E-state index contributed by atoms with van der Waals surface area (Å²) in [4.78, 5) is 11.0. The van der Waals surface area contributed by atoms with Crippen molar-refractivity contribution < 1.29 is 9.90 Å². The van der Waals surface area contributed by atoms with E-state index in [4.69, 9.17) is 10.8 Å². The van der Waals surface area contributed by atoms with Crippen molar-refractivity contribution in [3.05, 3.63) is 41.2 Å². The monoisotopic (exact) mass is 246 g/mol. The Morgan fingerprint density at radius 1 is 1.39 bits per heavy atom. The molecule has 1 heterocycles. The van der Waals surface area contributed by atoms with Crippen LogP contribution in [0.25, 0.3) is 5.69 Å². The highest BCUT2D eigenvalue weighted by molar-refractivity contribution is 5.92. The Hall–Kier alpha value is -2.21. The number of aliphatic hydroxyl groups excluding tert-OH is 1. The number of carbonyl (C=O) groups excluding carboxylic acids is 1. The lowest BCUT2D eigenvalue weighted by Gasteiger charge is -2.05. The zero-order chi connectivity index (χ0) is 13.1. The van der Waals surface area contributed by atoms with E-state index in [1.54, 1.807) is 28.9 Å². The average Bonchev–Trinajstić information content (AvgIpc) is 2.81. The summed E-state index contributed by atoms with van der Waals surface area (Å²) in [5.74, 6) is -0.466. The molecule has 0 saturated heterocycles. The fraction of sp³-hybridized carbons (Fsp3) is 0.250. The van der Waals surface area contributed by atoms with Gasteiger partial charge in [-0.25, -0.2) is 4.68 Å². The number of primary amides is 1. The number of carbonyl (C=O) groups is 1. The molecule has 0 aliphatic heterocycles. The van der Waals surface area contributed by atoms with Crippen molar-refractivity contribution in [3.63, 3.8) is 0 Å². The van der Waals surface area contributed by atoms with Crippen LogP contribution >= 0.6 is 0 Å². The van der Waals surface area contributed by atoms with E-state index in [0.29, 0.717) is 17.7 Å². The zero-order valence-electron chi connectivity index (χ0n) is 10.00. The van der Waals surface area contributed by atoms with Crippen LogP contribution in [0.2, 0.25) is 0 Å². The third-order valence-electron chi connectivity index (χ3n) is 2.72. The van der Waals surface area contributed by atoms with Gasteiger partial charge < -0.3 is 10.8 Å². The number of hydrogen-bond donors (Lipinski definition) is 2. The molecule has 0 aliphatic carbocycles. The third-order valence-corrected chi connectivity index (χ3v) is 2.72. The molecule has 0 saturated carbocycles. The van der Waals surface area contributed by atoms with Gasteiger partial charge in [-0.15, -0.1) is 5.10 Å². The van der Waals surface area contributed by atoms with Gasteiger partial charge in [0.2, 0.25) is 5.91 Å². The van der Waals surface area contributed by atoms with Crippen LogP contribution in [-0.2, 0) is 13.0 Å². The van der Waals surface area contributed by atoms with Gasteiger partial charge in [-0.3, -0.25) is 4.79 Å². The molecule has 0 fully saturated rings. The number of amides is 1. The highest BCUT2D eigenvalue weighted by Gasteiger charge is 2.11. The largest absolute Gasteiger partial charge is 0.390 e. The van der Waals surface area contributed by atoms with E-state index < -0.39 is 5.91 Å². The lowest BCUT2D eigenvalue weighted by atomic mass is 10.2. The first-order chi connectivity index (χ1) is 8.67. The minimum Gasteiger partial charge on any atom is -0.390 e. The van der Waals surface area contributed by atoms with Crippen molar-refractivity contribution in [1.29, 1.82) is 0 Å². The fourth-order valence-electron chi connectivity index (χ4n) is 1.78. The van der Waals surface area contributed by atoms with Crippen LogP contribution in [0.4, 0.5) is 0 Å². The molecule has 1 aromatic heterocycles. The highest BCUT2D eigenvalue weighted by Crippen LogP contribution is 2.14. The van der Waals surface area contributed by atoms with E-state index in [1.807, 2.05) is 6.92 Å². The lowest BCUT2D eigenvalue weighted by Crippen LogP contribution is -2.11. The molecule has 6 nitrogen and oxygen atoms in total. The molecule has 6 heteroatoms. The summed E-state index contributed by atoms with van der Waals surface area (Å²) < 4.78 is 1.65. The molecule has 0 unspecified atom stereocenters. The minimum absolute atomic E-state index is 0.136. The molecule has 18 heavy (non-hydrogen) atoms. The summed E-state index contributed by atoms with van der Waals surface area (Å²) >= 11 is 0. The second-order valence-corrected chi connectivity index (χ2v) is 3.82. The normalized spacial score (nSPS) is 10.6.